The number of aryl methyl sites for hydroxylation is 1. The second-order valence-electron chi connectivity index (χ2n) is 4.22. The molecule has 0 amide bonds. The average Bonchev–Trinajstić information content (AvgIpc) is 2.52. The van der Waals surface area contributed by atoms with E-state index in [1.807, 2.05) is 0 Å². The predicted molar refractivity (Wildman–Crippen MR) is 66.7 cm³/mol. The quantitative estimate of drug-likeness (QED) is 0.499. The molecule has 1 rings (SSSR count). The molecule has 1 aromatic heterocycles. The number of rotatable bonds is 5. The molecule has 1 heterocycles. The third kappa shape index (κ3) is 2.81. The summed E-state index contributed by atoms with van der Waals surface area (Å²) in [5, 5.41) is 19.5. The molecule has 0 bridgehead atoms. The number of nitro groups is 1. The van der Waals surface area contributed by atoms with Crippen LogP contribution >= 0.6 is 11.8 Å². The summed E-state index contributed by atoms with van der Waals surface area (Å²) < 4.78 is 1.54. The van der Waals surface area contributed by atoms with Gasteiger partial charge in [0, 0.05) is 14.0 Å². The van der Waals surface area contributed by atoms with E-state index >= 15 is 0 Å². The molecule has 100 valence electrons. The van der Waals surface area contributed by atoms with Crippen LogP contribution in [0, 0.1) is 23.0 Å². The Morgan fingerprint density at radius 3 is 2.50 bits per heavy atom. The maximum absolute atomic E-state index is 11.1. The molecule has 0 fully saturated rings. The molecule has 1 unspecified atom stereocenters. The van der Waals surface area contributed by atoms with Crippen LogP contribution in [0.3, 0.4) is 0 Å². The molecule has 0 aliphatic heterocycles. The summed E-state index contributed by atoms with van der Waals surface area (Å²) in [7, 11) is 1.64. The van der Waals surface area contributed by atoms with E-state index in [4.69, 9.17) is 5.11 Å². The molecule has 8 heteroatoms. The van der Waals surface area contributed by atoms with Crippen molar-refractivity contribution in [1.29, 1.82) is 0 Å². The molecular weight excluding hydrogens is 258 g/mol. The number of hydrogen-bond acceptors (Lipinski definition) is 5. The van der Waals surface area contributed by atoms with Crippen LogP contribution in [0.1, 0.15) is 19.7 Å². The number of thioether (sulfide) groups is 1. The first-order valence-electron chi connectivity index (χ1n) is 5.32. The van der Waals surface area contributed by atoms with Gasteiger partial charge in [0.25, 0.3) is 0 Å². The van der Waals surface area contributed by atoms with Crippen molar-refractivity contribution < 1.29 is 14.8 Å². The van der Waals surface area contributed by atoms with E-state index in [2.05, 4.69) is 4.98 Å². The fourth-order valence-corrected chi connectivity index (χ4v) is 2.54. The Kier molecular flexibility index (Phi) is 4.33. The zero-order valence-corrected chi connectivity index (χ0v) is 11.4. The fourth-order valence-electron chi connectivity index (χ4n) is 1.42. The SMILES string of the molecule is Cc1nc([N+](=O)[O-])c(SC(C(=O)O)C(C)C)n1C. The van der Waals surface area contributed by atoms with Crippen molar-refractivity contribution in [3.05, 3.63) is 15.9 Å². The van der Waals surface area contributed by atoms with Gasteiger partial charge >= 0.3 is 11.8 Å². The summed E-state index contributed by atoms with van der Waals surface area (Å²) in [6, 6.07) is 0. The minimum absolute atomic E-state index is 0.137. The maximum atomic E-state index is 11.1. The summed E-state index contributed by atoms with van der Waals surface area (Å²) in [5.41, 5.74) is 0. The summed E-state index contributed by atoms with van der Waals surface area (Å²) in [6.07, 6.45) is 0. The van der Waals surface area contributed by atoms with Crippen molar-refractivity contribution in [1.82, 2.24) is 9.55 Å². The third-order valence-electron chi connectivity index (χ3n) is 2.51. The molecule has 0 aromatic carbocycles. The van der Waals surface area contributed by atoms with Crippen LogP contribution in [0.2, 0.25) is 0 Å². The van der Waals surface area contributed by atoms with Gasteiger partial charge in [0.1, 0.15) is 5.25 Å². The first-order valence-corrected chi connectivity index (χ1v) is 6.20. The minimum Gasteiger partial charge on any atom is -0.480 e. The Balaban J connectivity index is 3.16. The second-order valence-corrected chi connectivity index (χ2v) is 5.35. The van der Waals surface area contributed by atoms with Crippen molar-refractivity contribution >= 4 is 23.5 Å². The Bertz CT molecular complexity index is 484. The molecule has 1 atom stereocenters. The lowest BCUT2D eigenvalue weighted by molar-refractivity contribution is -0.392. The second kappa shape index (κ2) is 5.38. The highest BCUT2D eigenvalue weighted by molar-refractivity contribution is 8.00. The van der Waals surface area contributed by atoms with Crippen LogP contribution in [0.25, 0.3) is 0 Å². The van der Waals surface area contributed by atoms with Gasteiger partial charge in [-0.05, 0) is 15.8 Å². The van der Waals surface area contributed by atoms with E-state index in [9.17, 15) is 14.9 Å². The molecule has 0 saturated carbocycles. The summed E-state index contributed by atoms with van der Waals surface area (Å²) in [5.74, 6) is -0.922. The smallest absolute Gasteiger partial charge is 0.396 e. The van der Waals surface area contributed by atoms with Gasteiger partial charge in [-0.25, -0.2) is 0 Å². The molecule has 18 heavy (non-hydrogen) atoms. The van der Waals surface area contributed by atoms with Crippen LogP contribution < -0.4 is 0 Å². The molecular formula is C10H15N3O4S. The van der Waals surface area contributed by atoms with Gasteiger partial charge in [0.2, 0.25) is 5.82 Å². The van der Waals surface area contributed by atoms with Gasteiger partial charge in [0.15, 0.2) is 5.03 Å². The van der Waals surface area contributed by atoms with Gasteiger partial charge in [0.05, 0.1) is 0 Å². The monoisotopic (exact) mass is 273 g/mol. The summed E-state index contributed by atoms with van der Waals surface area (Å²) >= 11 is 0.967. The highest BCUT2D eigenvalue weighted by Crippen LogP contribution is 2.34. The zero-order valence-electron chi connectivity index (χ0n) is 10.6. The number of aliphatic carboxylic acids is 1. The van der Waals surface area contributed by atoms with Crippen LogP contribution in [0.4, 0.5) is 5.82 Å². The van der Waals surface area contributed by atoms with Crippen molar-refractivity contribution in [3.63, 3.8) is 0 Å². The van der Waals surface area contributed by atoms with Crippen molar-refractivity contribution in [2.75, 3.05) is 0 Å². The Labute approximate surface area is 108 Å². The van der Waals surface area contributed by atoms with Gasteiger partial charge in [-0.3, -0.25) is 9.36 Å². The number of hydrogen-bond donors (Lipinski definition) is 1. The molecule has 1 aromatic rings. The summed E-state index contributed by atoms with van der Waals surface area (Å²) in [4.78, 5) is 25.2. The molecule has 0 radical (unpaired) electrons. The zero-order chi connectivity index (χ0) is 14.0. The Hall–Kier alpha value is -1.57. The van der Waals surface area contributed by atoms with E-state index in [1.165, 1.54) is 0 Å². The number of aromatic nitrogens is 2. The summed E-state index contributed by atoms with van der Waals surface area (Å²) in [6.45, 7) is 5.17. The number of carboxylic acid groups (broad SMARTS) is 1. The van der Waals surface area contributed by atoms with E-state index in [-0.39, 0.29) is 16.8 Å². The predicted octanol–water partition coefficient (Wildman–Crippen LogP) is 1.84. The lowest BCUT2D eigenvalue weighted by atomic mass is 10.1. The lowest BCUT2D eigenvalue weighted by Crippen LogP contribution is -2.23. The Morgan fingerprint density at radius 1 is 1.56 bits per heavy atom. The maximum Gasteiger partial charge on any atom is 0.396 e. The van der Waals surface area contributed by atoms with Gasteiger partial charge in [-0.15, -0.1) is 0 Å². The number of carbonyl (C=O) groups is 1. The lowest BCUT2D eigenvalue weighted by Gasteiger charge is -2.15. The first-order chi connectivity index (χ1) is 8.25. The minimum atomic E-state index is -0.983. The number of imidazole rings is 1. The Morgan fingerprint density at radius 2 is 2.11 bits per heavy atom. The molecule has 0 aliphatic rings. The van der Waals surface area contributed by atoms with Crippen molar-refractivity contribution in [2.45, 2.75) is 31.0 Å². The van der Waals surface area contributed by atoms with E-state index < -0.39 is 16.1 Å². The van der Waals surface area contributed by atoms with Crippen LogP contribution in [0.5, 0.6) is 0 Å². The topological polar surface area (TPSA) is 98.3 Å². The van der Waals surface area contributed by atoms with E-state index in [0.29, 0.717) is 5.82 Å². The molecule has 0 aliphatic carbocycles. The molecule has 0 saturated heterocycles. The van der Waals surface area contributed by atoms with Crippen LogP contribution in [0.15, 0.2) is 5.03 Å². The van der Waals surface area contributed by atoms with E-state index in [0.717, 1.165) is 11.8 Å². The fraction of sp³-hybridized carbons (Fsp3) is 0.600. The normalized spacial score (nSPS) is 12.7. The molecule has 0 spiro atoms. The third-order valence-corrected chi connectivity index (χ3v) is 4.19. The number of carboxylic acids is 1. The van der Waals surface area contributed by atoms with Crippen molar-refractivity contribution in [3.8, 4) is 0 Å². The number of nitrogens with zero attached hydrogens (tertiary/aromatic N) is 3. The molecule has 1 N–H and O–H groups in total. The average molecular weight is 273 g/mol. The first kappa shape index (κ1) is 14.5. The highest BCUT2D eigenvalue weighted by Gasteiger charge is 2.31. The van der Waals surface area contributed by atoms with Crippen molar-refractivity contribution in [2.24, 2.45) is 13.0 Å². The van der Waals surface area contributed by atoms with Gasteiger partial charge in [-0.1, -0.05) is 25.6 Å². The highest BCUT2D eigenvalue weighted by atomic mass is 32.2. The van der Waals surface area contributed by atoms with Gasteiger partial charge < -0.3 is 15.2 Å². The molecule has 7 nitrogen and oxygen atoms in total. The largest absolute Gasteiger partial charge is 0.480 e. The van der Waals surface area contributed by atoms with E-state index in [1.54, 1.807) is 32.4 Å². The van der Waals surface area contributed by atoms with Crippen LogP contribution in [-0.4, -0.2) is 30.8 Å². The van der Waals surface area contributed by atoms with Crippen LogP contribution in [-0.2, 0) is 11.8 Å². The van der Waals surface area contributed by atoms with Gasteiger partial charge in [-0.2, -0.15) is 0 Å². The standard InChI is InChI=1S/C10H15N3O4S/c1-5(2)7(10(14)15)18-9-8(13(16)17)11-6(3)12(9)4/h5,7H,1-4H3,(H,14,15).